The van der Waals surface area contributed by atoms with Gasteiger partial charge in [-0.3, -0.25) is 0 Å². The fraction of sp³-hybridized carbons (Fsp3) is 1.00. The monoisotopic (exact) mass is 214 g/mol. The van der Waals surface area contributed by atoms with Crippen molar-refractivity contribution in [3.8, 4) is 0 Å². The van der Waals surface area contributed by atoms with E-state index >= 15 is 0 Å². The molecule has 90 valence electrons. The summed E-state index contributed by atoms with van der Waals surface area (Å²) in [6.45, 7) is 7.37. The Morgan fingerprint density at radius 1 is 1.40 bits per heavy atom. The van der Waals surface area contributed by atoms with Crippen molar-refractivity contribution in [3.05, 3.63) is 0 Å². The molecule has 0 aromatic heterocycles. The molecule has 0 amide bonds. The maximum absolute atomic E-state index is 5.47. The van der Waals surface area contributed by atoms with Crippen molar-refractivity contribution in [2.75, 3.05) is 26.8 Å². The molecule has 3 nitrogen and oxygen atoms in total. The van der Waals surface area contributed by atoms with E-state index in [9.17, 15) is 0 Å². The topological polar surface area (TPSA) is 33.3 Å². The fourth-order valence-corrected chi connectivity index (χ4v) is 2.08. The second kappa shape index (κ2) is 7.20. The van der Waals surface area contributed by atoms with E-state index in [0.717, 1.165) is 19.8 Å². The Bertz CT molecular complexity index is 164. The zero-order chi connectivity index (χ0) is 11.1. The minimum Gasteiger partial charge on any atom is -0.379 e. The van der Waals surface area contributed by atoms with E-state index in [2.05, 4.69) is 24.5 Å². The van der Waals surface area contributed by atoms with Crippen molar-refractivity contribution >= 4 is 0 Å². The lowest BCUT2D eigenvalue weighted by atomic mass is 10.0. The van der Waals surface area contributed by atoms with E-state index < -0.39 is 0 Å². The summed E-state index contributed by atoms with van der Waals surface area (Å²) in [4.78, 5) is 0. The third-order valence-electron chi connectivity index (χ3n) is 3.29. The van der Waals surface area contributed by atoms with Gasteiger partial charge in [-0.05, 0) is 20.4 Å². The zero-order valence-corrected chi connectivity index (χ0v) is 10.4. The van der Waals surface area contributed by atoms with Gasteiger partial charge >= 0.3 is 0 Å². The van der Waals surface area contributed by atoms with Crippen molar-refractivity contribution in [1.29, 1.82) is 0 Å². The van der Waals surface area contributed by atoms with Crippen molar-refractivity contribution < 1.29 is 4.74 Å². The molecule has 1 saturated heterocycles. The van der Waals surface area contributed by atoms with Gasteiger partial charge in [0.1, 0.15) is 0 Å². The number of hydrogen-bond donors (Lipinski definition) is 2. The molecular weight excluding hydrogens is 188 g/mol. The van der Waals surface area contributed by atoms with Crippen LogP contribution in [-0.2, 0) is 4.74 Å². The Morgan fingerprint density at radius 3 is 2.87 bits per heavy atom. The summed E-state index contributed by atoms with van der Waals surface area (Å²) in [5.74, 6) is 0.638. The van der Waals surface area contributed by atoms with E-state index in [0.29, 0.717) is 18.0 Å². The van der Waals surface area contributed by atoms with Crippen molar-refractivity contribution in [2.45, 2.75) is 45.2 Å². The van der Waals surface area contributed by atoms with Crippen LogP contribution in [0.3, 0.4) is 0 Å². The van der Waals surface area contributed by atoms with Gasteiger partial charge < -0.3 is 15.4 Å². The largest absolute Gasteiger partial charge is 0.379 e. The first-order valence-electron chi connectivity index (χ1n) is 6.26. The summed E-state index contributed by atoms with van der Waals surface area (Å²) in [5.41, 5.74) is 0. The number of unbranched alkanes of at least 4 members (excludes halogenated alkanes) is 1. The molecule has 0 bridgehead atoms. The third-order valence-corrected chi connectivity index (χ3v) is 3.29. The van der Waals surface area contributed by atoms with Crippen LogP contribution >= 0.6 is 0 Å². The lowest BCUT2D eigenvalue weighted by molar-refractivity contribution is 0.182. The third kappa shape index (κ3) is 4.49. The molecule has 0 aromatic carbocycles. The predicted octanol–water partition coefficient (Wildman–Crippen LogP) is 1.39. The van der Waals surface area contributed by atoms with E-state index in [1.165, 1.54) is 19.3 Å². The van der Waals surface area contributed by atoms with E-state index in [-0.39, 0.29) is 0 Å². The summed E-state index contributed by atoms with van der Waals surface area (Å²) in [5, 5.41) is 6.92. The molecule has 3 atom stereocenters. The number of likely N-dealkylation sites (N-methyl/N-ethyl adjacent to an activating group) is 1. The highest BCUT2D eigenvalue weighted by Gasteiger charge is 2.26. The van der Waals surface area contributed by atoms with Crippen molar-refractivity contribution in [2.24, 2.45) is 5.92 Å². The van der Waals surface area contributed by atoms with Gasteiger partial charge in [0.05, 0.1) is 13.2 Å². The average molecular weight is 214 g/mol. The molecule has 2 N–H and O–H groups in total. The minimum absolute atomic E-state index is 0.538. The molecular formula is C12H26N2O. The number of nitrogens with one attached hydrogen (secondary N) is 2. The molecule has 0 aliphatic carbocycles. The average Bonchev–Trinajstić information content (AvgIpc) is 2.70. The van der Waals surface area contributed by atoms with E-state index in [1.807, 2.05) is 7.05 Å². The molecule has 1 aliphatic rings. The van der Waals surface area contributed by atoms with Gasteiger partial charge in [-0.1, -0.05) is 19.8 Å². The predicted molar refractivity (Wildman–Crippen MR) is 64.1 cm³/mol. The first-order chi connectivity index (χ1) is 7.27. The summed E-state index contributed by atoms with van der Waals surface area (Å²) >= 11 is 0. The number of rotatable bonds is 7. The van der Waals surface area contributed by atoms with Gasteiger partial charge in [-0.15, -0.1) is 0 Å². The normalized spacial score (nSPS) is 28.2. The number of ether oxygens (including phenoxy) is 1. The zero-order valence-electron chi connectivity index (χ0n) is 10.4. The summed E-state index contributed by atoms with van der Waals surface area (Å²) in [6.07, 6.45) is 3.90. The van der Waals surface area contributed by atoms with E-state index in [4.69, 9.17) is 4.74 Å². The molecule has 1 aliphatic heterocycles. The summed E-state index contributed by atoms with van der Waals surface area (Å²) in [6, 6.07) is 1.18. The molecule has 0 spiro atoms. The van der Waals surface area contributed by atoms with Gasteiger partial charge in [0.15, 0.2) is 0 Å². The van der Waals surface area contributed by atoms with Gasteiger partial charge in [-0.25, -0.2) is 0 Å². The van der Waals surface area contributed by atoms with Crippen molar-refractivity contribution in [3.63, 3.8) is 0 Å². The van der Waals surface area contributed by atoms with Crippen LogP contribution in [0.5, 0.6) is 0 Å². The Kier molecular flexibility index (Phi) is 6.22. The lowest BCUT2D eigenvalue weighted by Gasteiger charge is -2.20. The molecule has 15 heavy (non-hydrogen) atoms. The van der Waals surface area contributed by atoms with E-state index in [1.54, 1.807) is 0 Å². The van der Waals surface area contributed by atoms with Crippen LogP contribution in [0.15, 0.2) is 0 Å². The van der Waals surface area contributed by atoms with Crippen LogP contribution in [0.4, 0.5) is 0 Å². The highest BCUT2D eigenvalue weighted by molar-refractivity contribution is 4.82. The lowest BCUT2D eigenvalue weighted by Crippen LogP contribution is -2.40. The van der Waals surface area contributed by atoms with Crippen LogP contribution < -0.4 is 10.6 Å². The maximum atomic E-state index is 5.47. The Morgan fingerprint density at radius 2 is 2.20 bits per heavy atom. The quantitative estimate of drug-likeness (QED) is 0.672. The second-order valence-corrected chi connectivity index (χ2v) is 4.64. The SMILES string of the molecule is CCCCC(C)NCC1COCC1NC. The first-order valence-corrected chi connectivity index (χ1v) is 6.26. The van der Waals surface area contributed by atoms with Gasteiger partial charge in [-0.2, -0.15) is 0 Å². The molecule has 0 radical (unpaired) electrons. The Labute approximate surface area is 94.0 Å². The highest BCUT2D eigenvalue weighted by Crippen LogP contribution is 2.12. The molecule has 3 heteroatoms. The van der Waals surface area contributed by atoms with Crippen LogP contribution in [0.2, 0.25) is 0 Å². The summed E-state index contributed by atoms with van der Waals surface area (Å²) < 4.78 is 5.47. The molecule has 1 heterocycles. The molecule has 1 fully saturated rings. The Hall–Kier alpha value is -0.120. The van der Waals surface area contributed by atoms with Crippen LogP contribution in [-0.4, -0.2) is 38.9 Å². The van der Waals surface area contributed by atoms with Gasteiger partial charge in [0, 0.05) is 24.5 Å². The fourth-order valence-electron chi connectivity index (χ4n) is 2.08. The highest BCUT2D eigenvalue weighted by atomic mass is 16.5. The smallest absolute Gasteiger partial charge is 0.0623 e. The van der Waals surface area contributed by atoms with Gasteiger partial charge in [0.25, 0.3) is 0 Å². The molecule has 1 rings (SSSR count). The molecule has 0 saturated carbocycles. The maximum Gasteiger partial charge on any atom is 0.0623 e. The molecule has 0 aromatic rings. The van der Waals surface area contributed by atoms with Gasteiger partial charge in [0.2, 0.25) is 0 Å². The standard InChI is InChI=1S/C12H26N2O/c1-4-5-6-10(2)14-7-11-8-15-9-12(11)13-3/h10-14H,4-9H2,1-3H3. The second-order valence-electron chi connectivity index (χ2n) is 4.64. The Balaban J connectivity index is 2.12. The van der Waals surface area contributed by atoms with Crippen LogP contribution in [0, 0.1) is 5.92 Å². The summed E-state index contributed by atoms with van der Waals surface area (Å²) in [7, 11) is 2.02. The first kappa shape index (κ1) is 12.9. The molecule has 3 unspecified atom stereocenters. The van der Waals surface area contributed by atoms with Crippen LogP contribution in [0.25, 0.3) is 0 Å². The minimum atomic E-state index is 0.538. The van der Waals surface area contributed by atoms with Crippen LogP contribution in [0.1, 0.15) is 33.1 Å². The number of hydrogen-bond acceptors (Lipinski definition) is 3. The van der Waals surface area contributed by atoms with Crippen molar-refractivity contribution in [1.82, 2.24) is 10.6 Å².